The predicted molar refractivity (Wildman–Crippen MR) is 165 cm³/mol. The van der Waals surface area contributed by atoms with E-state index in [9.17, 15) is 38.2 Å². The Hall–Kier alpha value is -4.49. The summed E-state index contributed by atoms with van der Waals surface area (Å²) < 4.78 is 32.7. The first kappa shape index (κ1) is 32.9. The van der Waals surface area contributed by atoms with Crippen LogP contribution in [0.15, 0.2) is 72.8 Å². The molecule has 0 bridgehead atoms. The lowest BCUT2D eigenvalue weighted by Crippen LogP contribution is -2.69. The Labute approximate surface area is 267 Å². The van der Waals surface area contributed by atoms with Gasteiger partial charge in [0.15, 0.2) is 6.61 Å². The quantitative estimate of drug-likeness (QED) is 0.176. The van der Waals surface area contributed by atoms with E-state index in [1.54, 1.807) is 36.4 Å². The number of nitrogens with one attached hydrogen (secondary N) is 3. The number of halogens is 2. The number of carbonyl (C=O) groups excluding carboxylic acids is 3. The average Bonchev–Trinajstić information content (AvgIpc) is 3.52. The number of aliphatic hydroxyl groups is 1. The fraction of sp³-hybridized carbons (Fsp3) is 0.333. The first-order valence-electron chi connectivity index (χ1n) is 14.7. The lowest BCUT2D eigenvalue weighted by atomic mass is 9.74. The van der Waals surface area contributed by atoms with Crippen LogP contribution in [0, 0.1) is 11.6 Å². The van der Waals surface area contributed by atoms with E-state index >= 15 is 0 Å². The van der Waals surface area contributed by atoms with Gasteiger partial charge in [-0.25, -0.2) is 13.6 Å². The normalized spacial score (nSPS) is 20.6. The van der Waals surface area contributed by atoms with E-state index in [4.69, 9.17) is 4.74 Å². The van der Waals surface area contributed by atoms with Gasteiger partial charge < -0.3 is 30.9 Å². The van der Waals surface area contributed by atoms with Crippen LogP contribution < -0.4 is 20.7 Å². The number of carbonyl (C=O) groups is 4. The second kappa shape index (κ2) is 13.9. The number of thioether (sulfide) groups is 1. The molecular formula is C33H33F2N3O7S. The summed E-state index contributed by atoms with van der Waals surface area (Å²) in [6.07, 6.45) is 1.11. The van der Waals surface area contributed by atoms with Crippen LogP contribution in [0.4, 0.5) is 8.78 Å². The maximum Gasteiger partial charge on any atom is 0.329 e. The smallest absolute Gasteiger partial charge is 0.329 e. The Kier molecular flexibility index (Phi) is 9.92. The largest absolute Gasteiger partial charge is 0.484 e. The minimum atomic E-state index is -1.30. The van der Waals surface area contributed by atoms with Crippen molar-refractivity contribution in [1.29, 1.82) is 0 Å². The van der Waals surface area contributed by atoms with Crippen LogP contribution >= 0.6 is 11.8 Å². The molecular weight excluding hydrogens is 620 g/mol. The summed E-state index contributed by atoms with van der Waals surface area (Å²) in [5.41, 5.74) is -0.583. The number of hydrogen-bond acceptors (Lipinski definition) is 7. The van der Waals surface area contributed by atoms with Crippen molar-refractivity contribution in [2.75, 3.05) is 18.9 Å². The molecule has 3 aromatic carbocycles. The van der Waals surface area contributed by atoms with Gasteiger partial charge in [-0.05, 0) is 65.9 Å². The second-order valence-electron chi connectivity index (χ2n) is 11.3. The van der Waals surface area contributed by atoms with Crippen LogP contribution in [-0.4, -0.2) is 63.6 Å². The molecule has 46 heavy (non-hydrogen) atoms. The highest BCUT2D eigenvalue weighted by atomic mass is 32.2. The van der Waals surface area contributed by atoms with E-state index in [0.29, 0.717) is 48.1 Å². The number of ether oxygens (including phenoxy) is 1. The summed E-state index contributed by atoms with van der Waals surface area (Å²) >= 11 is 1.22. The SMILES string of the molecule is O=C(COc1ccc([C@]2(c3ccc(F)cc3)NC(=O)[C@@H]2SCC(O)c2ccc(F)cc2)cc1)NCC(=O)NC1(C(=O)O)CCCC1. The fourth-order valence-corrected chi connectivity index (χ4v) is 7.17. The lowest BCUT2D eigenvalue weighted by Gasteiger charge is -2.50. The number of amides is 3. The molecule has 0 spiro atoms. The number of β-lactam (4-membered cyclic amide) rings is 1. The number of carboxylic acid groups (broad SMARTS) is 1. The summed E-state index contributed by atoms with van der Waals surface area (Å²) in [4.78, 5) is 49.2. The van der Waals surface area contributed by atoms with Gasteiger partial charge in [-0.2, -0.15) is 0 Å². The first-order chi connectivity index (χ1) is 22.0. The van der Waals surface area contributed by atoms with Crippen molar-refractivity contribution >= 4 is 35.5 Å². The van der Waals surface area contributed by atoms with Crippen molar-refractivity contribution in [3.8, 4) is 5.75 Å². The number of carboxylic acids is 1. The summed E-state index contributed by atoms with van der Waals surface area (Å²) in [5.74, 6) is -2.96. The topological polar surface area (TPSA) is 154 Å². The van der Waals surface area contributed by atoms with Gasteiger partial charge in [-0.15, -0.1) is 11.8 Å². The van der Waals surface area contributed by atoms with Gasteiger partial charge >= 0.3 is 5.97 Å². The van der Waals surface area contributed by atoms with Crippen molar-refractivity contribution in [3.63, 3.8) is 0 Å². The standard InChI is InChI=1S/C33H33F2N3O7S/c34-23-9-3-20(4-10-23)26(39)19-46-29-30(42)38-33(29,21-5-11-24(35)12-6-21)22-7-13-25(14-8-22)45-18-28(41)36-17-27(40)37-32(31(43)44)15-1-2-16-32/h3-14,26,29,39H,1-2,15-19H2,(H,36,41)(H,37,40)(H,38,42)(H,43,44)/t26?,29-,33-/m0/s1. The molecule has 1 unspecified atom stereocenters. The van der Waals surface area contributed by atoms with Gasteiger partial charge in [0.25, 0.3) is 5.91 Å². The average molecular weight is 654 g/mol. The molecule has 13 heteroatoms. The molecule has 3 amide bonds. The maximum atomic E-state index is 13.8. The molecule has 2 aliphatic rings. The van der Waals surface area contributed by atoms with Crippen molar-refractivity contribution in [2.24, 2.45) is 0 Å². The van der Waals surface area contributed by atoms with Crippen LogP contribution in [-0.2, 0) is 24.7 Å². The number of benzene rings is 3. The van der Waals surface area contributed by atoms with Crippen molar-refractivity contribution in [3.05, 3.63) is 101 Å². The van der Waals surface area contributed by atoms with Crippen LogP contribution in [0.2, 0.25) is 0 Å². The van der Waals surface area contributed by atoms with Gasteiger partial charge in [-0.3, -0.25) is 14.4 Å². The molecule has 1 saturated carbocycles. The molecule has 1 aliphatic carbocycles. The third kappa shape index (κ3) is 7.00. The lowest BCUT2D eigenvalue weighted by molar-refractivity contribution is -0.147. The molecule has 5 N–H and O–H groups in total. The van der Waals surface area contributed by atoms with E-state index in [1.807, 2.05) is 0 Å². The van der Waals surface area contributed by atoms with Crippen LogP contribution in [0.25, 0.3) is 0 Å². The predicted octanol–water partition coefficient (Wildman–Crippen LogP) is 3.18. The molecule has 242 valence electrons. The summed E-state index contributed by atoms with van der Waals surface area (Å²) in [7, 11) is 0. The summed E-state index contributed by atoms with van der Waals surface area (Å²) in [5, 5.41) is 27.4. The van der Waals surface area contributed by atoms with E-state index in [0.717, 1.165) is 0 Å². The summed E-state index contributed by atoms with van der Waals surface area (Å²) in [6, 6.07) is 17.8. The Balaban J connectivity index is 1.22. The van der Waals surface area contributed by atoms with Crippen LogP contribution in [0.3, 0.4) is 0 Å². The fourth-order valence-electron chi connectivity index (χ4n) is 5.81. The molecule has 10 nitrogen and oxygen atoms in total. The minimum absolute atomic E-state index is 0.137. The van der Waals surface area contributed by atoms with E-state index in [2.05, 4.69) is 16.0 Å². The zero-order chi connectivity index (χ0) is 32.9. The zero-order valence-electron chi connectivity index (χ0n) is 24.6. The van der Waals surface area contributed by atoms with E-state index in [1.165, 1.54) is 48.2 Å². The molecule has 1 heterocycles. The summed E-state index contributed by atoms with van der Waals surface area (Å²) in [6.45, 7) is -0.804. The Morgan fingerprint density at radius 2 is 1.48 bits per heavy atom. The highest BCUT2D eigenvalue weighted by Gasteiger charge is 2.56. The Morgan fingerprint density at radius 1 is 0.913 bits per heavy atom. The Morgan fingerprint density at radius 3 is 2.04 bits per heavy atom. The van der Waals surface area contributed by atoms with E-state index < -0.39 is 65.0 Å². The van der Waals surface area contributed by atoms with Gasteiger partial charge in [-0.1, -0.05) is 49.2 Å². The third-order valence-corrected chi connectivity index (χ3v) is 9.71. The molecule has 1 aliphatic heterocycles. The molecule has 2 fully saturated rings. The molecule has 3 atom stereocenters. The maximum absolute atomic E-state index is 13.8. The highest BCUT2D eigenvalue weighted by Crippen LogP contribution is 2.46. The Bertz CT molecular complexity index is 1580. The zero-order valence-corrected chi connectivity index (χ0v) is 25.4. The van der Waals surface area contributed by atoms with Gasteiger partial charge in [0.1, 0.15) is 33.7 Å². The van der Waals surface area contributed by atoms with Gasteiger partial charge in [0.2, 0.25) is 11.8 Å². The molecule has 3 aromatic rings. The highest BCUT2D eigenvalue weighted by molar-refractivity contribution is 8.00. The van der Waals surface area contributed by atoms with Crippen molar-refractivity contribution in [2.45, 2.75) is 48.1 Å². The third-order valence-electron chi connectivity index (χ3n) is 8.30. The van der Waals surface area contributed by atoms with Crippen LogP contribution in [0.1, 0.15) is 48.5 Å². The van der Waals surface area contributed by atoms with Crippen molar-refractivity contribution in [1.82, 2.24) is 16.0 Å². The van der Waals surface area contributed by atoms with Crippen molar-refractivity contribution < 1.29 is 42.9 Å². The van der Waals surface area contributed by atoms with E-state index in [-0.39, 0.29) is 11.7 Å². The van der Waals surface area contributed by atoms with Gasteiger partial charge in [0.05, 0.1) is 12.6 Å². The van der Waals surface area contributed by atoms with Gasteiger partial charge in [0, 0.05) is 5.75 Å². The molecule has 5 rings (SSSR count). The molecule has 1 saturated heterocycles. The number of aliphatic carboxylic acids is 1. The second-order valence-corrected chi connectivity index (χ2v) is 12.5. The minimum Gasteiger partial charge on any atom is -0.484 e. The molecule has 0 aromatic heterocycles. The monoisotopic (exact) mass is 653 g/mol. The van der Waals surface area contributed by atoms with Crippen LogP contribution in [0.5, 0.6) is 5.75 Å². The number of hydrogen-bond donors (Lipinski definition) is 5. The molecule has 0 radical (unpaired) electrons. The first-order valence-corrected chi connectivity index (χ1v) is 15.7. The number of rotatable bonds is 13. The number of aliphatic hydroxyl groups excluding tert-OH is 1.